The number of rotatable bonds is 6. The van der Waals surface area contributed by atoms with E-state index in [1.165, 1.54) is 5.56 Å². The first-order chi connectivity index (χ1) is 13.2. The number of amides is 1. The average Bonchev–Trinajstić information content (AvgIpc) is 2.66. The maximum atomic E-state index is 12.0. The Hall–Kier alpha value is -1.80. The zero-order chi connectivity index (χ0) is 19.1. The zero-order valence-electron chi connectivity index (χ0n) is 15.9. The van der Waals surface area contributed by atoms with Crippen molar-refractivity contribution in [2.24, 2.45) is 4.99 Å². The molecule has 0 bridgehead atoms. The molecule has 1 atom stereocenters. The van der Waals surface area contributed by atoms with E-state index in [4.69, 9.17) is 16.6 Å². The summed E-state index contributed by atoms with van der Waals surface area (Å²) in [5.74, 6) is 0.911. The number of carbonyl (C=O) groups excluding carboxylic acids is 1. The number of benzene rings is 2. The predicted octanol–water partition coefficient (Wildman–Crippen LogP) is 4.18. The minimum absolute atomic E-state index is 0. The number of hydrogen-bond acceptors (Lipinski definition) is 2. The van der Waals surface area contributed by atoms with E-state index in [0.29, 0.717) is 13.0 Å². The Morgan fingerprint density at radius 3 is 2.82 bits per heavy atom. The van der Waals surface area contributed by atoms with Gasteiger partial charge in [0.15, 0.2) is 5.96 Å². The van der Waals surface area contributed by atoms with Crippen LogP contribution in [0.15, 0.2) is 53.5 Å². The lowest BCUT2D eigenvalue weighted by Gasteiger charge is -2.24. The fraction of sp³-hybridized carbons (Fsp3) is 0.333. The second-order valence-corrected chi connectivity index (χ2v) is 7.00. The van der Waals surface area contributed by atoms with E-state index in [1.54, 1.807) is 0 Å². The topological polar surface area (TPSA) is 65.5 Å². The average molecular weight is 513 g/mol. The van der Waals surface area contributed by atoms with Crippen molar-refractivity contribution in [1.82, 2.24) is 10.6 Å². The number of nitrogens with zero attached hydrogens (tertiary/aromatic N) is 1. The fourth-order valence-corrected chi connectivity index (χ4v) is 3.44. The molecule has 0 spiro atoms. The Morgan fingerprint density at radius 1 is 1.21 bits per heavy atom. The molecule has 2 aromatic carbocycles. The van der Waals surface area contributed by atoms with E-state index in [-0.39, 0.29) is 35.8 Å². The molecule has 7 heteroatoms. The summed E-state index contributed by atoms with van der Waals surface area (Å²) < 4.78 is 0. The first kappa shape index (κ1) is 22.5. The van der Waals surface area contributed by atoms with Crippen molar-refractivity contribution in [1.29, 1.82) is 0 Å². The quantitative estimate of drug-likeness (QED) is 0.309. The number of guanidine groups is 1. The van der Waals surface area contributed by atoms with Crippen LogP contribution in [0.2, 0.25) is 5.02 Å². The molecule has 3 rings (SSSR count). The van der Waals surface area contributed by atoms with Crippen molar-refractivity contribution in [3.63, 3.8) is 0 Å². The molecule has 0 radical (unpaired) electrons. The Bertz CT molecular complexity index is 828. The number of aliphatic imine (C=N–C) groups is 1. The lowest BCUT2D eigenvalue weighted by molar-refractivity contribution is -0.116. The molecule has 0 fully saturated rings. The maximum Gasteiger partial charge on any atom is 0.225 e. The van der Waals surface area contributed by atoms with Crippen LogP contribution in [0.25, 0.3) is 0 Å². The second-order valence-electron chi connectivity index (χ2n) is 6.56. The third kappa shape index (κ3) is 6.38. The molecule has 2 aromatic rings. The van der Waals surface area contributed by atoms with Crippen LogP contribution in [0.1, 0.15) is 30.4 Å². The van der Waals surface area contributed by atoms with E-state index >= 15 is 0 Å². The normalized spacial score (nSPS) is 15.9. The smallest absolute Gasteiger partial charge is 0.225 e. The summed E-state index contributed by atoms with van der Waals surface area (Å²) in [5, 5.41) is 10.3. The minimum atomic E-state index is 0. The lowest BCUT2D eigenvalue weighted by Crippen LogP contribution is -2.38. The van der Waals surface area contributed by atoms with Crippen LogP contribution in [0, 0.1) is 0 Å². The predicted molar refractivity (Wildman–Crippen MR) is 127 cm³/mol. The van der Waals surface area contributed by atoms with Crippen LogP contribution in [0.3, 0.4) is 0 Å². The first-order valence-electron chi connectivity index (χ1n) is 9.31. The zero-order valence-corrected chi connectivity index (χ0v) is 19.0. The highest BCUT2D eigenvalue weighted by Gasteiger charge is 2.24. The molecular weight excluding hydrogens is 487 g/mol. The molecule has 0 saturated heterocycles. The highest BCUT2D eigenvalue weighted by molar-refractivity contribution is 14.0. The number of fused-ring (bicyclic) bond motifs is 1. The van der Waals surface area contributed by atoms with Gasteiger partial charge in [0.05, 0.1) is 6.54 Å². The van der Waals surface area contributed by atoms with E-state index < -0.39 is 0 Å². The van der Waals surface area contributed by atoms with Crippen molar-refractivity contribution < 1.29 is 4.79 Å². The monoisotopic (exact) mass is 512 g/mol. The summed E-state index contributed by atoms with van der Waals surface area (Å²) in [6, 6.07) is 15.8. The van der Waals surface area contributed by atoms with E-state index in [9.17, 15) is 4.79 Å². The molecule has 28 heavy (non-hydrogen) atoms. The Kier molecular flexibility index (Phi) is 9.05. The van der Waals surface area contributed by atoms with Gasteiger partial charge in [0.2, 0.25) is 5.91 Å². The summed E-state index contributed by atoms with van der Waals surface area (Å²) in [4.78, 5) is 16.7. The van der Waals surface area contributed by atoms with Gasteiger partial charge in [0.1, 0.15) is 0 Å². The fourth-order valence-electron chi connectivity index (χ4n) is 3.23. The van der Waals surface area contributed by atoms with Crippen LogP contribution in [0.4, 0.5) is 5.69 Å². The molecule has 1 aliphatic heterocycles. The Morgan fingerprint density at radius 2 is 2.04 bits per heavy atom. The molecule has 0 aliphatic carbocycles. The van der Waals surface area contributed by atoms with Crippen LogP contribution >= 0.6 is 35.6 Å². The van der Waals surface area contributed by atoms with E-state index in [0.717, 1.165) is 41.7 Å². The number of nitrogens with one attached hydrogen (secondary N) is 3. The standard InChI is InChI=1S/C21H25ClN4O.HI/c1-2-23-21(24-11-10-15-6-5-7-17(22)12-15)25-14-16-13-20(27)26-19-9-4-3-8-18(16)19;/h3-9,12,16H,2,10-11,13-14H2,1H3,(H,26,27)(H2,23,24,25);1H. The van der Waals surface area contributed by atoms with Gasteiger partial charge in [-0.15, -0.1) is 24.0 Å². The molecule has 0 aromatic heterocycles. The van der Waals surface area contributed by atoms with Gasteiger partial charge in [-0.25, -0.2) is 0 Å². The molecular formula is C21H26ClIN4O. The third-order valence-corrected chi connectivity index (χ3v) is 4.75. The molecule has 1 unspecified atom stereocenters. The molecule has 0 saturated carbocycles. The summed E-state index contributed by atoms with van der Waals surface area (Å²) >= 11 is 6.04. The molecule has 1 aliphatic rings. The largest absolute Gasteiger partial charge is 0.357 e. The van der Waals surface area contributed by atoms with Crippen LogP contribution in [-0.2, 0) is 11.2 Å². The second kappa shape index (κ2) is 11.3. The lowest BCUT2D eigenvalue weighted by atomic mass is 9.91. The molecule has 1 heterocycles. The van der Waals surface area contributed by atoms with Gasteiger partial charge in [-0.3, -0.25) is 9.79 Å². The Balaban J connectivity index is 0.00000280. The van der Waals surface area contributed by atoms with Crippen molar-refractivity contribution in [2.45, 2.75) is 25.7 Å². The number of anilines is 1. The van der Waals surface area contributed by atoms with Gasteiger partial charge < -0.3 is 16.0 Å². The van der Waals surface area contributed by atoms with Crippen molar-refractivity contribution in [3.05, 3.63) is 64.7 Å². The van der Waals surface area contributed by atoms with Gasteiger partial charge in [0.25, 0.3) is 0 Å². The third-order valence-electron chi connectivity index (χ3n) is 4.52. The van der Waals surface area contributed by atoms with E-state index in [2.05, 4.69) is 28.1 Å². The first-order valence-corrected chi connectivity index (χ1v) is 9.69. The van der Waals surface area contributed by atoms with Crippen molar-refractivity contribution in [3.8, 4) is 0 Å². The minimum Gasteiger partial charge on any atom is -0.357 e. The molecule has 3 N–H and O–H groups in total. The number of halogens is 2. The summed E-state index contributed by atoms with van der Waals surface area (Å²) in [6.45, 7) is 4.15. The van der Waals surface area contributed by atoms with Gasteiger partial charge in [-0.1, -0.05) is 41.9 Å². The number of carbonyl (C=O) groups is 1. The SMILES string of the molecule is CCNC(=NCC1CC(=O)Nc2ccccc21)NCCc1cccc(Cl)c1.I. The van der Waals surface area contributed by atoms with Crippen LogP contribution in [-0.4, -0.2) is 31.5 Å². The van der Waals surface area contributed by atoms with Crippen molar-refractivity contribution in [2.75, 3.05) is 25.0 Å². The number of hydrogen-bond donors (Lipinski definition) is 3. The van der Waals surface area contributed by atoms with Crippen LogP contribution < -0.4 is 16.0 Å². The Labute approximate surface area is 188 Å². The van der Waals surface area contributed by atoms with Gasteiger partial charge >= 0.3 is 0 Å². The highest BCUT2D eigenvalue weighted by Crippen LogP contribution is 2.31. The number of para-hydroxylation sites is 1. The summed E-state index contributed by atoms with van der Waals surface area (Å²) in [7, 11) is 0. The van der Waals surface area contributed by atoms with Gasteiger partial charge in [-0.2, -0.15) is 0 Å². The van der Waals surface area contributed by atoms with E-state index in [1.807, 2.05) is 43.3 Å². The van der Waals surface area contributed by atoms with Gasteiger partial charge in [0, 0.05) is 36.1 Å². The molecule has 1 amide bonds. The van der Waals surface area contributed by atoms with Gasteiger partial charge in [-0.05, 0) is 42.7 Å². The molecule has 5 nitrogen and oxygen atoms in total. The van der Waals surface area contributed by atoms with Crippen molar-refractivity contribution >= 4 is 53.1 Å². The maximum absolute atomic E-state index is 12.0. The highest BCUT2D eigenvalue weighted by atomic mass is 127. The molecule has 150 valence electrons. The summed E-state index contributed by atoms with van der Waals surface area (Å²) in [6.07, 6.45) is 1.32. The van der Waals surface area contributed by atoms with Crippen LogP contribution in [0.5, 0.6) is 0 Å². The summed E-state index contributed by atoms with van der Waals surface area (Å²) in [5.41, 5.74) is 3.23.